The molecular weight excluding hydrogens is 369 g/mol. The highest BCUT2D eigenvalue weighted by atomic mass is 35.5. The molecule has 1 aromatic heterocycles. The Morgan fingerprint density at radius 2 is 1.88 bits per heavy atom. The van der Waals surface area contributed by atoms with Crippen LogP contribution in [0.1, 0.15) is 22.0 Å². The molecule has 134 valence electrons. The van der Waals surface area contributed by atoms with Crippen LogP contribution in [0, 0.1) is 0 Å². The number of nitrogens with zero attached hydrogens (tertiary/aromatic N) is 2. The molecule has 1 amide bonds. The van der Waals surface area contributed by atoms with Gasteiger partial charge in [0.2, 0.25) is 0 Å². The second-order valence-corrected chi connectivity index (χ2v) is 7.05. The Kier molecular flexibility index (Phi) is 5.77. The van der Waals surface area contributed by atoms with Gasteiger partial charge in [0.15, 0.2) is 0 Å². The van der Waals surface area contributed by atoms with E-state index in [1.807, 2.05) is 55.4 Å². The molecule has 0 radical (unpaired) electrons. The molecule has 0 spiro atoms. The summed E-state index contributed by atoms with van der Waals surface area (Å²) in [6.45, 7) is 0.451. The maximum absolute atomic E-state index is 12.6. The second-order valence-electron chi connectivity index (χ2n) is 6.25. The van der Waals surface area contributed by atoms with Gasteiger partial charge >= 0.3 is 0 Å². The third-order valence-electron chi connectivity index (χ3n) is 4.26. The molecule has 0 saturated carbocycles. The number of nitrogens with one attached hydrogen (secondary N) is 1. The van der Waals surface area contributed by atoms with Crippen LogP contribution in [0.4, 0.5) is 0 Å². The standard InChI is InChI=1S/C20H19Cl2N3O/c1-25(2)18(15-5-3-4-6-16(15)21)12-23-20(26)14-7-9-17-13(11-14)8-10-19(22)24-17/h3-11,18H,12H2,1-2H3,(H,23,26). The summed E-state index contributed by atoms with van der Waals surface area (Å²) in [6, 6.07) is 16.6. The van der Waals surface area contributed by atoms with Gasteiger partial charge in [0.1, 0.15) is 5.15 Å². The quantitative estimate of drug-likeness (QED) is 0.651. The van der Waals surface area contributed by atoms with E-state index in [2.05, 4.69) is 10.3 Å². The van der Waals surface area contributed by atoms with E-state index in [1.165, 1.54) is 0 Å². The van der Waals surface area contributed by atoms with Gasteiger partial charge in [-0.15, -0.1) is 0 Å². The summed E-state index contributed by atoms with van der Waals surface area (Å²) < 4.78 is 0. The van der Waals surface area contributed by atoms with E-state index in [9.17, 15) is 4.79 Å². The molecule has 1 N–H and O–H groups in total. The molecule has 1 heterocycles. The number of carbonyl (C=O) groups excluding carboxylic acids is 1. The van der Waals surface area contributed by atoms with Crippen LogP contribution in [0.15, 0.2) is 54.6 Å². The minimum absolute atomic E-state index is 0.0198. The third-order valence-corrected chi connectivity index (χ3v) is 4.82. The number of pyridine rings is 1. The van der Waals surface area contributed by atoms with Crippen LogP contribution >= 0.6 is 23.2 Å². The first-order chi connectivity index (χ1) is 12.5. The fourth-order valence-corrected chi connectivity index (χ4v) is 3.27. The van der Waals surface area contributed by atoms with Crippen LogP contribution in [-0.2, 0) is 0 Å². The highest BCUT2D eigenvalue weighted by molar-refractivity contribution is 6.31. The van der Waals surface area contributed by atoms with Gasteiger partial charge in [0.25, 0.3) is 5.91 Å². The lowest BCUT2D eigenvalue weighted by molar-refractivity contribution is 0.0942. The van der Waals surface area contributed by atoms with Gasteiger partial charge < -0.3 is 10.2 Å². The smallest absolute Gasteiger partial charge is 0.251 e. The summed E-state index contributed by atoms with van der Waals surface area (Å²) in [6.07, 6.45) is 0. The van der Waals surface area contributed by atoms with Crippen molar-refractivity contribution in [1.82, 2.24) is 15.2 Å². The predicted octanol–water partition coefficient (Wildman–Crippen LogP) is 4.57. The molecule has 26 heavy (non-hydrogen) atoms. The lowest BCUT2D eigenvalue weighted by Crippen LogP contribution is -2.34. The molecule has 0 aliphatic rings. The van der Waals surface area contributed by atoms with Crippen molar-refractivity contribution in [3.05, 3.63) is 75.9 Å². The van der Waals surface area contributed by atoms with E-state index >= 15 is 0 Å². The Bertz CT molecular complexity index is 943. The molecule has 6 heteroatoms. The summed E-state index contributed by atoms with van der Waals surface area (Å²) >= 11 is 12.2. The SMILES string of the molecule is CN(C)C(CNC(=O)c1ccc2nc(Cl)ccc2c1)c1ccccc1Cl. The first-order valence-electron chi connectivity index (χ1n) is 8.21. The molecule has 3 rings (SSSR count). The molecule has 0 saturated heterocycles. The number of rotatable bonds is 5. The number of aromatic nitrogens is 1. The normalized spacial score (nSPS) is 12.3. The topological polar surface area (TPSA) is 45.2 Å². The fraction of sp³-hybridized carbons (Fsp3) is 0.200. The minimum Gasteiger partial charge on any atom is -0.350 e. The van der Waals surface area contributed by atoms with Crippen molar-refractivity contribution < 1.29 is 4.79 Å². The van der Waals surface area contributed by atoms with Crippen molar-refractivity contribution in [2.75, 3.05) is 20.6 Å². The third kappa shape index (κ3) is 4.15. The number of halogens is 2. The summed E-state index contributed by atoms with van der Waals surface area (Å²) in [7, 11) is 3.93. The number of carbonyl (C=O) groups is 1. The molecule has 2 aromatic carbocycles. The van der Waals surface area contributed by atoms with Crippen LogP contribution in [0.3, 0.4) is 0 Å². The van der Waals surface area contributed by atoms with Crippen molar-refractivity contribution >= 4 is 40.0 Å². The Hall–Kier alpha value is -2.14. The zero-order chi connectivity index (χ0) is 18.7. The second kappa shape index (κ2) is 8.04. The maximum atomic E-state index is 12.6. The number of amides is 1. The Morgan fingerprint density at radius 1 is 1.12 bits per heavy atom. The lowest BCUT2D eigenvalue weighted by Gasteiger charge is -2.26. The Balaban J connectivity index is 1.76. The van der Waals surface area contributed by atoms with Crippen molar-refractivity contribution in [2.24, 2.45) is 0 Å². The molecule has 0 aliphatic carbocycles. The summed E-state index contributed by atoms with van der Waals surface area (Å²) in [5.74, 6) is -0.138. The number of likely N-dealkylation sites (N-methyl/N-ethyl adjacent to an activating group) is 1. The molecule has 0 fully saturated rings. The number of fused-ring (bicyclic) bond motifs is 1. The van der Waals surface area contributed by atoms with E-state index in [-0.39, 0.29) is 11.9 Å². The van der Waals surface area contributed by atoms with Crippen molar-refractivity contribution in [1.29, 1.82) is 0 Å². The summed E-state index contributed by atoms with van der Waals surface area (Å²) in [4.78, 5) is 18.9. The van der Waals surface area contributed by atoms with Gasteiger partial charge in [0, 0.05) is 22.5 Å². The van der Waals surface area contributed by atoms with Gasteiger partial charge in [-0.05, 0) is 56.1 Å². The van der Waals surface area contributed by atoms with Gasteiger partial charge in [0.05, 0.1) is 11.6 Å². The average Bonchev–Trinajstić information content (AvgIpc) is 2.62. The molecule has 0 aliphatic heterocycles. The van der Waals surface area contributed by atoms with E-state index in [0.29, 0.717) is 22.3 Å². The average molecular weight is 388 g/mol. The van der Waals surface area contributed by atoms with E-state index in [4.69, 9.17) is 23.2 Å². The van der Waals surface area contributed by atoms with Crippen molar-refractivity contribution in [3.63, 3.8) is 0 Å². The Morgan fingerprint density at radius 3 is 2.62 bits per heavy atom. The lowest BCUT2D eigenvalue weighted by atomic mass is 10.1. The van der Waals surface area contributed by atoms with Gasteiger partial charge in [-0.2, -0.15) is 0 Å². The highest BCUT2D eigenvalue weighted by Gasteiger charge is 2.18. The van der Waals surface area contributed by atoms with Crippen LogP contribution in [0.5, 0.6) is 0 Å². The Labute approximate surface area is 162 Å². The van der Waals surface area contributed by atoms with Gasteiger partial charge in [-0.25, -0.2) is 4.98 Å². The predicted molar refractivity (Wildman–Crippen MR) is 107 cm³/mol. The van der Waals surface area contributed by atoms with Crippen LogP contribution in [-0.4, -0.2) is 36.4 Å². The largest absolute Gasteiger partial charge is 0.350 e. The monoisotopic (exact) mass is 387 g/mol. The van der Waals surface area contributed by atoms with Crippen molar-refractivity contribution in [2.45, 2.75) is 6.04 Å². The fourth-order valence-electron chi connectivity index (χ4n) is 2.85. The summed E-state index contributed by atoms with van der Waals surface area (Å²) in [5, 5.41) is 4.99. The molecular formula is C20H19Cl2N3O. The van der Waals surface area contributed by atoms with Crippen LogP contribution < -0.4 is 5.32 Å². The van der Waals surface area contributed by atoms with E-state index in [1.54, 1.807) is 18.2 Å². The van der Waals surface area contributed by atoms with E-state index < -0.39 is 0 Å². The van der Waals surface area contributed by atoms with Crippen LogP contribution in [0.25, 0.3) is 10.9 Å². The summed E-state index contributed by atoms with van der Waals surface area (Å²) in [5.41, 5.74) is 2.33. The zero-order valence-electron chi connectivity index (χ0n) is 14.5. The van der Waals surface area contributed by atoms with Crippen molar-refractivity contribution in [3.8, 4) is 0 Å². The molecule has 4 nitrogen and oxygen atoms in total. The molecule has 0 bridgehead atoms. The van der Waals surface area contributed by atoms with Gasteiger partial charge in [-0.3, -0.25) is 4.79 Å². The zero-order valence-corrected chi connectivity index (χ0v) is 16.1. The molecule has 1 atom stereocenters. The number of hydrogen-bond acceptors (Lipinski definition) is 3. The first-order valence-corrected chi connectivity index (χ1v) is 8.96. The number of hydrogen-bond donors (Lipinski definition) is 1. The van der Waals surface area contributed by atoms with E-state index in [0.717, 1.165) is 16.5 Å². The highest BCUT2D eigenvalue weighted by Crippen LogP contribution is 2.25. The van der Waals surface area contributed by atoms with Gasteiger partial charge in [-0.1, -0.05) is 41.4 Å². The molecule has 1 unspecified atom stereocenters. The maximum Gasteiger partial charge on any atom is 0.251 e. The first kappa shape index (κ1) is 18.6. The molecule has 3 aromatic rings. The van der Waals surface area contributed by atoms with Crippen LogP contribution in [0.2, 0.25) is 10.2 Å². The minimum atomic E-state index is -0.138. The number of benzene rings is 2.